The summed E-state index contributed by atoms with van der Waals surface area (Å²) in [6, 6.07) is 4.48. The van der Waals surface area contributed by atoms with Crippen molar-refractivity contribution in [3.05, 3.63) is 18.2 Å². The van der Waals surface area contributed by atoms with Gasteiger partial charge >= 0.3 is 0 Å². The highest BCUT2D eigenvalue weighted by molar-refractivity contribution is 7.89. The molecule has 2 rings (SSSR count). The maximum Gasteiger partial charge on any atom is 0.244 e. The van der Waals surface area contributed by atoms with Gasteiger partial charge < -0.3 is 14.6 Å². The fraction of sp³-hybridized carbons (Fsp3) is 0.538. The highest BCUT2D eigenvalue weighted by Gasteiger charge is 2.35. The molecule has 20 heavy (non-hydrogen) atoms. The Morgan fingerprint density at radius 3 is 2.50 bits per heavy atom. The molecule has 1 saturated carbocycles. The van der Waals surface area contributed by atoms with Crippen molar-refractivity contribution >= 4 is 10.0 Å². The minimum Gasteiger partial charge on any atom is -0.497 e. The average molecular weight is 301 g/mol. The standard InChI is InChI=1S/C13H19NO5S/c1-18-10-4-5-12(11(8-10)19-2)20(16,17)14-9-13(15)6-3-7-13/h4-5,8,14-15H,3,6-7,9H2,1-2H3. The summed E-state index contributed by atoms with van der Waals surface area (Å²) in [5.74, 6) is 0.718. The van der Waals surface area contributed by atoms with Crippen molar-refractivity contribution in [2.75, 3.05) is 20.8 Å². The Balaban J connectivity index is 2.20. The van der Waals surface area contributed by atoms with Gasteiger partial charge in [0.05, 0.1) is 19.8 Å². The number of nitrogens with one attached hydrogen (secondary N) is 1. The second-order valence-electron chi connectivity index (χ2n) is 4.92. The first kappa shape index (κ1) is 15.1. The fourth-order valence-electron chi connectivity index (χ4n) is 2.07. The molecule has 0 saturated heterocycles. The maximum atomic E-state index is 12.3. The summed E-state index contributed by atoms with van der Waals surface area (Å²) in [4.78, 5) is 0.0312. The Hall–Kier alpha value is -1.31. The van der Waals surface area contributed by atoms with Gasteiger partial charge in [0.1, 0.15) is 16.4 Å². The second-order valence-corrected chi connectivity index (χ2v) is 6.65. The minimum atomic E-state index is -3.73. The number of hydrogen-bond acceptors (Lipinski definition) is 5. The lowest BCUT2D eigenvalue weighted by Gasteiger charge is -2.36. The van der Waals surface area contributed by atoms with Crippen molar-refractivity contribution in [3.63, 3.8) is 0 Å². The molecule has 0 radical (unpaired) electrons. The van der Waals surface area contributed by atoms with Gasteiger partial charge in [0.25, 0.3) is 0 Å². The molecule has 1 aromatic carbocycles. The van der Waals surface area contributed by atoms with Crippen molar-refractivity contribution in [3.8, 4) is 11.5 Å². The molecule has 0 heterocycles. The van der Waals surface area contributed by atoms with Crippen LogP contribution in [0, 0.1) is 0 Å². The largest absolute Gasteiger partial charge is 0.497 e. The molecule has 0 amide bonds. The van der Waals surface area contributed by atoms with Crippen molar-refractivity contribution in [2.24, 2.45) is 0 Å². The van der Waals surface area contributed by atoms with E-state index in [1.807, 2.05) is 0 Å². The molecule has 0 spiro atoms. The lowest BCUT2D eigenvalue weighted by molar-refractivity contribution is -0.0271. The molecule has 1 aliphatic carbocycles. The predicted octanol–water partition coefficient (Wildman–Crippen LogP) is 0.897. The minimum absolute atomic E-state index is 0.0184. The number of hydrogen-bond donors (Lipinski definition) is 2. The smallest absolute Gasteiger partial charge is 0.244 e. The average Bonchev–Trinajstić information content (AvgIpc) is 2.42. The first-order valence-electron chi connectivity index (χ1n) is 6.34. The van der Waals surface area contributed by atoms with Gasteiger partial charge in [0.2, 0.25) is 10.0 Å². The third-order valence-corrected chi connectivity index (χ3v) is 4.98. The monoisotopic (exact) mass is 301 g/mol. The summed E-state index contributed by atoms with van der Waals surface area (Å²) in [5.41, 5.74) is -0.910. The van der Waals surface area contributed by atoms with E-state index in [1.54, 1.807) is 6.07 Å². The van der Waals surface area contributed by atoms with Crippen molar-refractivity contribution in [1.29, 1.82) is 0 Å². The molecular formula is C13H19NO5S. The molecule has 6 nitrogen and oxygen atoms in total. The molecule has 1 aromatic rings. The summed E-state index contributed by atoms with van der Waals surface area (Å²) in [5, 5.41) is 9.95. The highest BCUT2D eigenvalue weighted by atomic mass is 32.2. The molecule has 0 atom stereocenters. The molecule has 7 heteroatoms. The van der Waals surface area contributed by atoms with E-state index in [0.717, 1.165) is 6.42 Å². The van der Waals surface area contributed by atoms with Crippen LogP contribution >= 0.6 is 0 Å². The van der Waals surface area contributed by atoms with E-state index in [1.165, 1.54) is 26.4 Å². The van der Waals surface area contributed by atoms with Crippen LogP contribution in [0.2, 0.25) is 0 Å². The molecule has 1 aliphatic rings. The molecule has 0 bridgehead atoms. The Kier molecular flexibility index (Phi) is 4.22. The Morgan fingerprint density at radius 1 is 1.30 bits per heavy atom. The van der Waals surface area contributed by atoms with E-state index in [4.69, 9.17) is 9.47 Å². The number of benzene rings is 1. The lowest BCUT2D eigenvalue weighted by atomic mass is 9.81. The van der Waals surface area contributed by atoms with Crippen molar-refractivity contribution < 1.29 is 23.0 Å². The first-order valence-corrected chi connectivity index (χ1v) is 7.83. The zero-order valence-corrected chi connectivity index (χ0v) is 12.4. The van der Waals surface area contributed by atoms with Crippen LogP contribution in [0.25, 0.3) is 0 Å². The van der Waals surface area contributed by atoms with Crippen LogP contribution in [0.4, 0.5) is 0 Å². The fourth-order valence-corrected chi connectivity index (χ4v) is 3.33. The summed E-state index contributed by atoms with van der Waals surface area (Å²) in [6.45, 7) is 0.0184. The van der Waals surface area contributed by atoms with Crippen LogP contribution < -0.4 is 14.2 Å². The van der Waals surface area contributed by atoms with E-state index >= 15 is 0 Å². The van der Waals surface area contributed by atoms with Crippen LogP contribution in [-0.4, -0.2) is 39.9 Å². The van der Waals surface area contributed by atoms with Crippen LogP contribution in [0.15, 0.2) is 23.1 Å². The molecule has 112 valence electrons. The Morgan fingerprint density at radius 2 is 2.00 bits per heavy atom. The first-order chi connectivity index (χ1) is 9.40. The van der Waals surface area contributed by atoms with Gasteiger partial charge in [-0.05, 0) is 31.4 Å². The Labute approximate surface area is 118 Å². The van der Waals surface area contributed by atoms with E-state index in [-0.39, 0.29) is 17.2 Å². The third-order valence-electron chi connectivity index (χ3n) is 3.54. The number of rotatable bonds is 6. The quantitative estimate of drug-likeness (QED) is 0.815. The van der Waals surface area contributed by atoms with Gasteiger partial charge in [-0.1, -0.05) is 0 Å². The molecule has 0 aliphatic heterocycles. The van der Waals surface area contributed by atoms with E-state index in [2.05, 4.69) is 4.72 Å². The topological polar surface area (TPSA) is 84.9 Å². The van der Waals surface area contributed by atoms with Gasteiger partial charge in [0.15, 0.2) is 0 Å². The van der Waals surface area contributed by atoms with Crippen molar-refractivity contribution in [1.82, 2.24) is 4.72 Å². The van der Waals surface area contributed by atoms with E-state index in [9.17, 15) is 13.5 Å². The van der Waals surface area contributed by atoms with Crippen molar-refractivity contribution in [2.45, 2.75) is 29.8 Å². The number of ether oxygens (including phenoxy) is 2. The summed E-state index contributed by atoms with van der Waals surface area (Å²) in [7, 11) is -0.839. The number of sulfonamides is 1. The summed E-state index contributed by atoms with van der Waals surface area (Å²) in [6.07, 6.45) is 2.16. The molecule has 0 aromatic heterocycles. The number of methoxy groups -OCH3 is 2. The lowest BCUT2D eigenvalue weighted by Crippen LogP contribution is -2.47. The van der Waals surface area contributed by atoms with Gasteiger partial charge in [0, 0.05) is 12.6 Å². The van der Waals surface area contributed by atoms with Gasteiger partial charge in [-0.15, -0.1) is 0 Å². The van der Waals surface area contributed by atoms with Gasteiger partial charge in [-0.3, -0.25) is 0 Å². The predicted molar refractivity (Wildman–Crippen MR) is 73.5 cm³/mol. The molecular weight excluding hydrogens is 282 g/mol. The van der Waals surface area contributed by atoms with E-state index in [0.29, 0.717) is 18.6 Å². The van der Waals surface area contributed by atoms with Crippen LogP contribution in [0.5, 0.6) is 11.5 Å². The number of aliphatic hydroxyl groups is 1. The SMILES string of the molecule is COc1ccc(S(=O)(=O)NCC2(O)CCC2)c(OC)c1. The van der Waals surface area contributed by atoms with Crippen LogP contribution in [0.3, 0.4) is 0 Å². The maximum absolute atomic E-state index is 12.3. The highest BCUT2D eigenvalue weighted by Crippen LogP contribution is 2.32. The van der Waals surface area contributed by atoms with E-state index < -0.39 is 15.6 Å². The third kappa shape index (κ3) is 3.05. The second kappa shape index (κ2) is 5.59. The zero-order chi connectivity index (χ0) is 14.8. The van der Waals surface area contributed by atoms with Gasteiger partial charge in [-0.25, -0.2) is 13.1 Å². The zero-order valence-electron chi connectivity index (χ0n) is 11.5. The van der Waals surface area contributed by atoms with Crippen LogP contribution in [-0.2, 0) is 10.0 Å². The van der Waals surface area contributed by atoms with Crippen LogP contribution in [0.1, 0.15) is 19.3 Å². The normalized spacial score (nSPS) is 17.4. The molecule has 1 fully saturated rings. The molecule has 2 N–H and O–H groups in total. The van der Waals surface area contributed by atoms with Gasteiger partial charge in [-0.2, -0.15) is 0 Å². The summed E-state index contributed by atoms with van der Waals surface area (Å²) < 4.78 is 37.1. The molecule has 0 unspecified atom stereocenters. The summed E-state index contributed by atoms with van der Waals surface area (Å²) >= 11 is 0. The Bertz CT molecular complexity index is 580.